The van der Waals surface area contributed by atoms with Crippen LogP contribution in [0.2, 0.25) is 0 Å². The highest BCUT2D eigenvalue weighted by molar-refractivity contribution is 5.89. The third-order valence-corrected chi connectivity index (χ3v) is 2.92. The molecular weight excluding hydrogens is 344 g/mol. The minimum atomic E-state index is -1.33. The molecule has 0 fully saturated rings. The Balaban J connectivity index is 5.12. The summed E-state index contributed by atoms with van der Waals surface area (Å²) >= 11 is 0. The van der Waals surface area contributed by atoms with E-state index < -0.39 is 42.0 Å². The number of nitrogens with one attached hydrogen (secondary N) is 1. The fourth-order valence-corrected chi connectivity index (χ4v) is 1.95. The predicted octanol–water partition coefficient (Wildman–Crippen LogP) is 1.32. The Morgan fingerprint density at radius 1 is 1.27 bits per heavy atom. The molecule has 0 saturated carbocycles. The van der Waals surface area contributed by atoms with Crippen LogP contribution in [-0.2, 0) is 23.9 Å². The van der Waals surface area contributed by atoms with Gasteiger partial charge in [-0.2, -0.15) is 0 Å². The molecule has 26 heavy (non-hydrogen) atoms. The van der Waals surface area contributed by atoms with E-state index in [1.807, 2.05) is 0 Å². The summed E-state index contributed by atoms with van der Waals surface area (Å²) in [4.78, 5) is 48.3. The summed E-state index contributed by atoms with van der Waals surface area (Å²) in [6, 6.07) is -1.33. The van der Waals surface area contributed by atoms with Gasteiger partial charge in [0.2, 0.25) is 5.91 Å². The van der Waals surface area contributed by atoms with Crippen LogP contribution in [0.3, 0.4) is 0 Å². The van der Waals surface area contributed by atoms with Crippen molar-refractivity contribution in [1.82, 2.24) is 10.2 Å². The van der Waals surface area contributed by atoms with Crippen molar-refractivity contribution in [3.05, 3.63) is 12.7 Å². The van der Waals surface area contributed by atoms with E-state index >= 15 is 0 Å². The maximum absolute atomic E-state index is 12.6. The number of rotatable bonds is 10. The second kappa shape index (κ2) is 11.1. The van der Waals surface area contributed by atoms with Gasteiger partial charge in [-0.15, -0.1) is 6.58 Å². The number of hydrogen-bond acceptors (Lipinski definition) is 6. The van der Waals surface area contributed by atoms with Crippen LogP contribution in [0.15, 0.2) is 12.7 Å². The van der Waals surface area contributed by atoms with Crippen LogP contribution < -0.4 is 5.32 Å². The highest BCUT2D eigenvalue weighted by Gasteiger charge is 2.29. The molecule has 0 radical (unpaired) electrons. The molecule has 1 atom stereocenters. The Labute approximate surface area is 153 Å². The molecule has 2 N–H and O–H groups in total. The molecule has 0 rings (SSSR count). The number of esters is 1. The summed E-state index contributed by atoms with van der Waals surface area (Å²) in [6.45, 7) is 10.4. The number of amides is 2. The summed E-state index contributed by atoms with van der Waals surface area (Å²) in [5.41, 5.74) is -0.800. The topological polar surface area (TPSA) is 122 Å². The maximum atomic E-state index is 12.6. The van der Waals surface area contributed by atoms with Crippen molar-refractivity contribution < 1.29 is 33.8 Å². The number of aliphatic carboxylic acids is 1. The van der Waals surface area contributed by atoms with Crippen LogP contribution in [0.25, 0.3) is 0 Å². The van der Waals surface area contributed by atoms with E-state index in [1.54, 1.807) is 27.7 Å². The van der Waals surface area contributed by atoms with Gasteiger partial charge in [-0.3, -0.25) is 14.4 Å². The Bertz CT molecular complexity index is 526. The van der Waals surface area contributed by atoms with Gasteiger partial charge in [0, 0.05) is 13.1 Å². The number of carboxylic acid groups (broad SMARTS) is 1. The van der Waals surface area contributed by atoms with Crippen molar-refractivity contribution >= 4 is 23.9 Å². The van der Waals surface area contributed by atoms with Crippen molar-refractivity contribution in [2.45, 2.75) is 52.2 Å². The summed E-state index contributed by atoms with van der Waals surface area (Å²) in [6.07, 6.45) is -0.139. The molecule has 0 aliphatic rings. The minimum Gasteiger partial charge on any atom is -0.481 e. The fourth-order valence-electron chi connectivity index (χ4n) is 1.95. The largest absolute Gasteiger partial charge is 0.481 e. The van der Waals surface area contributed by atoms with Crippen LogP contribution in [0, 0.1) is 0 Å². The highest BCUT2D eigenvalue weighted by atomic mass is 16.6. The lowest BCUT2D eigenvalue weighted by molar-refractivity contribution is -0.146. The van der Waals surface area contributed by atoms with Gasteiger partial charge in [-0.25, -0.2) is 4.79 Å². The van der Waals surface area contributed by atoms with Gasteiger partial charge >= 0.3 is 18.0 Å². The number of nitrogens with zero attached hydrogens (tertiary/aromatic N) is 1. The Kier molecular flexibility index (Phi) is 10.0. The summed E-state index contributed by atoms with van der Waals surface area (Å²) in [5, 5.41) is 11.3. The number of carbonyl (C=O) groups is 4. The first-order valence-electron chi connectivity index (χ1n) is 8.26. The average molecular weight is 372 g/mol. The summed E-state index contributed by atoms with van der Waals surface area (Å²) < 4.78 is 9.87. The monoisotopic (exact) mass is 372 g/mol. The van der Waals surface area contributed by atoms with Crippen LogP contribution in [0.4, 0.5) is 4.79 Å². The molecule has 148 valence electrons. The van der Waals surface area contributed by atoms with Gasteiger partial charge in [0.15, 0.2) is 0 Å². The first kappa shape index (κ1) is 23.4. The smallest absolute Gasteiger partial charge is 0.408 e. The van der Waals surface area contributed by atoms with Crippen molar-refractivity contribution in [2.24, 2.45) is 0 Å². The molecule has 2 amide bonds. The lowest BCUT2D eigenvalue weighted by Gasteiger charge is -2.27. The molecule has 0 unspecified atom stereocenters. The number of carboxylic acids is 1. The van der Waals surface area contributed by atoms with E-state index in [0.29, 0.717) is 0 Å². The molecular formula is C17H28N2O7. The third-order valence-electron chi connectivity index (χ3n) is 2.92. The van der Waals surface area contributed by atoms with E-state index in [2.05, 4.69) is 11.9 Å². The van der Waals surface area contributed by atoms with Crippen molar-refractivity contribution in [3.8, 4) is 0 Å². The lowest BCUT2D eigenvalue weighted by Crippen LogP contribution is -2.51. The Morgan fingerprint density at radius 3 is 2.35 bits per heavy atom. The molecule has 9 nitrogen and oxygen atoms in total. The SMILES string of the molecule is C=CCN(CCC(=O)OCC)C(=O)[C@H](CC(=O)O)NC(=O)OC(C)(C)C. The molecule has 0 aromatic carbocycles. The molecule has 0 heterocycles. The van der Waals surface area contributed by atoms with Crippen molar-refractivity contribution in [3.63, 3.8) is 0 Å². The number of carbonyl (C=O) groups excluding carboxylic acids is 3. The van der Waals surface area contributed by atoms with E-state index in [9.17, 15) is 19.2 Å². The minimum absolute atomic E-state index is 0.00973. The quantitative estimate of drug-likeness (QED) is 0.438. The van der Waals surface area contributed by atoms with Crippen LogP contribution in [0.1, 0.15) is 40.5 Å². The van der Waals surface area contributed by atoms with Gasteiger partial charge in [0.1, 0.15) is 11.6 Å². The molecule has 0 aromatic heterocycles. The second-order valence-electron chi connectivity index (χ2n) is 6.42. The second-order valence-corrected chi connectivity index (χ2v) is 6.42. The van der Waals surface area contributed by atoms with Crippen LogP contribution in [0.5, 0.6) is 0 Å². The molecule has 0 saturated heterocycles. The van der Waals surface area contributed by atoms with Gasteiger partial charge in [0.05, 0.1) is 19.4 Å². The van der Waals surface area contributed by atoms with E-state index in [1.165, 1.54) is 11.0 Å². The van der Waals surface area contributed by atoms with Crippen LogP contribution >= 0.6 is 0 Å². The Hall–Kier alpha value is -2.58. The summed E-state index contributed by atoms with van der Waals surface area (Å²) in [7, 11) is 0. The zero-order chi connectivity index (χ0) is 20.3. The standard InChI is InChI=1S/C17H28N2O7/c1-6-9-19(10-8-14(22)25-7-2)15(23)12(11-13(20)21)18-16(24)26-17(3,4)5/h6,12H,1,7-11H2,2-5H3,(H,18,24)(H,20,21)/t12-/m0/s1. The first-order valence-corrected chi connectivity index (χ1v) is 8.26. The van der Waals surface area contributed by atoms with E-state index in [-0.39, 0.29) is 26.1 Å². The molecule has 9 heteroatoms. The maximum Gasteiger partial charge on any atom is 0.408 e. The van der Waals surface area contributed by atoms with Gasteiger partial charge in [-0.1, -0.05) is 6.08 Å². The van der Waals surface area contributed by atoms with Gasteiger partial charge in [-0.05, 0) is 27.7 Å². The van der Waals surface area contributed by atoms with Crippen molar-refractivity contribution in [2.75, 3.05) is 19.7 Å². The molecule has 0 bridgehead atoms. The molecule has 0 aromatic rings. The number of ether oxygens (including phenoxy) is 2. The zero-order valence-electron chi connectivity index (χ0n) is 15.7. The third kappa shape index (κ3) is 10.3. The van der Waals surface area contributed by atoms with E-state index in [4.69, 9.17) is 14.6 Å². The number of hydrogen-bond donors (Lipinski definition) is 2. The predicted molar refractivity (Wildman–Crippen MR) is 93.4 cm³/mol. The van der Waals surface area contributed by atoms with Crippen molar-refractivity contribution in [1.29, 1.82) is 0 Å². The molecule has 0 spiro atoms. The zero-order valence-corrected chi connectivity index (χ0v) is 15.7. The molecule has 0 aliphatic carbocycles. The first-order chi connectivity index (χ1) is 12.0. The Morgan fingerprint density at radius 2 is 1.88 bits per heavy atom. The summed E-state index contributed by atoms with van der Waals surface area (Å²) in [5.74, 6) is -2.39. The van der Waals surface area contributed by atoms with Gasteiger partial charge < -0.3 is 24.8 Å². The van der Waals surface area contributed by atoms with Gasteiger partial charge in [0.25, 0.3) is 0 Å². The molecule has 0 aliphatic heterocycles. The lowest BCUT2D eigenvalue weighted by atomic mass is 10.1. The average Bonchev–Trinajstić information content (AvgIpc) is 2.48. The highest BCUT2D eigenvalue weighted by Crippen LogP contribution is 2.09. The fraction of sp³-hybridized carbons (Fsp3) is 0.647. The van der Waals surface area contributed by atoms with Crippen LogP contribution in [-0.4, -0.2) is 65.3 Å². The van der Waals surface area contributed by atoms with E-state index in [0.717, 1.165) is 0 Å². The number of alkyl carbamates (subject to hydrolysis) is 1. The normalized spacial score (nSPS) is 11.8.